The Hall–Kier alpha value is -1.32. The second-order valence-corrected chi connectivity index (χ2v) is 6.23. The molecule has 2 aromatic rings. The minimum absolute atomic E-state index is 0.557. The lowest BCUT2D eigenvalue weighted by molar-refractivity contribution is 0.112. The number of benzene rings is 1. The minimum atomic E-state index is 0.557. The van der Waals surface area contributed by atoms with Crippen LogP contribution in [0.4, 0.5) is 5.69 Å². The van der Waals surface area contributed by atoms with Gasteiger partial charge in [-0.15, -0.1) is 11.3 Å². The number of nitrogens with zero attached hydrogens (tertiary/aromatic N) is 1. The van der Waals surface area contributed by atoms with E-state index >= 15 is 0 Å². The molecular formula is C15H14ClNOS. The Morgan fingerprint density at radius 3 is 2.84 bits per heavy atom. The van der Waals surface area contributed by atoms with Gasteiger partial charge in [0.15, 0.2) is 6.29 Å². The van der Waals surface area contributed by atoms with Crippen molar-refractivity contribution < 1.29 is 4.79 Å². The number of hydrogen-bond acceptors (Lipinski definition) is 3. The van der Waals surface area contributed by atoms with Gasteiger partial charge in [-0.1, -0.05) is 17.7 Å². The zero-order valence-electron chi connectivity index (χ0n) is 10.4. The van der Waals surface area contributed by atoms with Crippen molar-refractivity contribution in [3.63, 3.8) is 0 Å². The van der Waals surface area contributed by atoms with Gasteiger partial charge in [-0.25, -0.2) is 0 Å². The second-order valence-electron chi connectivity index (χ2n) is 4.76. The summed E-state index contributed by atoms with van der Waals surface area (Å²) in [6, 6.07) is 10.3. The first-order valence-electron chi connectivity index (χ1n) is 6.31. The van der Waals surface area contributed by atoms with Crippen molar-refractivity contribution in [1.82, 2.24) is 0 Å². The molecule has 1 saturated carbocycles. The van der Waals surface area contributed by atoms with E-state index in [1.807, 2.05) is 12.1 Å². The summed E-state index contributed by atoms with van der Waals surface area (Å²) in [5.41, 5.74) is 1.67. The van der Waals surface area contributed by atoms with Gasteiger partial charge in [-0.2, -0.15) is 0 Å². The highest BCUT2D eigenvalue weighted by molar-refractivity contribution is 7.09. The molecule has 0 bridgehead atoms. The summed E-state index contributed by atoms with van der Waals surface area (Å²) in [5.74, 6) is 0. The average molecular weight is 292 g/mol. The smallest absolute Gasteiger partial charge is 0.152 e. The number of anilines is 1. The van der Waals surface area contributed by atoms with Crippen molar-refractivity contribution in [2.75, 3.05) is 4.90 Å². The third kappa shape index (κ3) is 2.82. The van der Waals surface area contributed by atoms with Gasteiger partial charge in [0.05, 0.1) is 6.54 Å². The van der Waals surface area contributed by atoms with Crippen molar-refractivity contribution in [3.05, 3.63) is 51.2 Å². The second kappa shape index (κ2) is 5.35. The molecule has 1 aromatic carbocycles. The highest BCUT2D eigenvalue weighted by Gasteiger charge is 2.30. The van der Waals surface area contributed by atoms with Crippen molar-refractivity contribution in [1.29, 1.82) is 0 Å². The Labute approximate surface area is 121 Å². The fourth-order valence-electron chi connectivity index (χ4n) is 2.25. The molecule has 19 heavy (non-hydrogen) atoms. The van der Waals surface area contributed by atoms with Crippen LogP contribution in [0.25, 0.3) is 0 Å². The van der Waals surface area contributed by atoms with E-state index in [0.717, 1.165) is 18.5 Å². The fraction of sp³-hybridized carbons (Fsp3) is 0.267. The maximum absolute atomic E-state index is 11.2. The van der Waals surface area contributed by atoms with Gasteiger partial charge < -0.3 is 4.90 Å². The summed E-state index contributed by atoms with van der Waals surface area (Å²) in [6.45, 7) is 0.866. The first-order chi connectivity index (χ1) is 9.28. The topological polar surface area (TPSA) is 20.3 Å². The predicted octanol–water partition coefficient (Wildman–Crippen LogP) is 4.38. The van der Waals surface area contributed by atoms with E-state index in [0.29, 0.717) is 16.6 Å². The molecule has 1 aliphatic carbocycles. The molecule has 4 heteroatoms. The first kappa shape index (κ1) is 12.7. The van der Waals surface area contributed by atoms with Crippen molar-refractivity contribution in [2.45, 2.75) is 25.4 Å². The third-order valence-corrected chi connectivity index (χ3v) is 4.42. The summed E-state index contributed by atoms with van der Waals surface area (Å²) in [4.78, 5) is 14.9. The van der Waals surface area contributed by atoms with Crippen LogP contribution in [0, 0.1) is 0 Å². The van der Waals surface area contributed by atoms with Gasteiger partial charge in [0.25, 0.3) is 0 Å². The molecule has 0 radical (unpaired) electrons. The van der Waals surface area contributed by atoms with Gasteiger partial charge in [-0.3, -0.25) is 4.79 Å². The molecule has 3 rings (SSSR count). The van der Waals surface area contributed by atoms with Gasteiger partial charge in [0.1, 0.15) is 0 Å². The van der Waals surface area contributed by atoms with E-state index in [-0.39, 0.29) is 0 Å². The molecule has 0 amide bonds. The van der Waals surface area contributed by atoms with Gasteiger partial charge >= 0.3 is 0 Å². The molecule has 2 nitrogen and oxygen atoms in total. The van der Waals surface area contributed by atoms with Crippen LogP contribution in [0.15, 0.2) is 35.7 Å². The van der Waals surface area contributed by atoms with Gasteiger partial charge in [0, 0.05) is 27.2 Å². The molecule has 1 fully saturated rings. The SMILES string of the molecule is O=Cc1cc(Cl)ccc1N(Cc1cccs1)C1CC1. The molecule has 98 valence electrons. The lowest BCUT2D eigenvalue weighted by atomic mass is 10.1. The number of hydrogen-bond donors (Lipinski definition) is 0. The molecule has 0 atom stereocenters. The van der Waals surface area contributed by atoms with Crippen LogP contribution in [0.2, 0.25) is 5.02 Å². The molecule has 0 N–H and O–H groups in total. The molecule has 1 aliphatic rings. The quantitative estimate of drug-likeness (QED) is 0.762. The molecule has 0 spiro atoms. The largest absolute Gasteiger partial charge is 0.363 e. The summed E-state index contributed by atoms with van der Waals surface area (Å²) in [5, 5.41) is 2.70. The maximum Gasteiger partial charge on any atom is 0.152 e. The molecular weight excluding hydrogens is 278 g/mol. The average Bonchev–Trinajstić information content (AvgIpc) is 3.13. The van der Waals surface area contributed by atoms with Crippen LogP contribution in [0.3, 0.4) is 0 Å². The van der Waals surface area contributed by atoms with Crippen molar-refractivity contribution in [3.8, 4) is 0 Å². The molecule has 0 saturated heterocycles. The maximum atomic E-state index is 11.2. The van der Waals surface area contributed by atoms with Crippen LogP contribution in [0.5, 0.6) is 0 Å². The van der Waals surface area contributed by atoms with E-state index in [2.05, 4.69) is 22.4 Å². The minimum Gasteiger partial charge on any atom is -0.363 e. The summed E-state index contributed by atoms with van der Waals surface area (Å²) >= 11 is 7.71. The van der Waals surface area contributed by atoms with E-state index < -0.39 is 0 Å². The number of rotatable bonds is 5. The van der Waals surface area contributed by atoms with E-state index in [1.165, 1.54) is 17.7 Å². The molecule has 0 unspecified atom stereocenters. The zero-order valence-corrected chi connectivity index (χ0v) is 12.0. The standard InChI is InChI=1S/C15H14ClNOS/c16-12-3-6-15(11(8-12)10-18)17(13-4-5-13)9-14-2-1-7-19-14/h1-3,6-8,10,13H,4-5,9H2. The Kier molecular flexibility index (Phi) is 3.58. The monoisotopic (exact) mass is 291 g/mol. The highest BCUT2D eigenvalue weighted by atomic mass is 35.5. The molecule has 0 aliphatic heterocycles. The van der Waals surface area contributed by atoms with E-state index in [4.69, 9.17) is 11.6 Å². The fourth-order valence-corrected chi connectivity index (χ4v) is 3.13. The first-order valence-corrected chi connectivity index (χ1v) is 7.57. The Morgan fingerprint density at radius 2 is 2.21 bits per heavy atom. The Balaban J connectivity index is 1.93. The number of aldehydes is 1. The van der Waals surface area contributed by atoms with Crippen LogP contribution in [-0.2, 0) is 6.54 Å². The lowest BCUT2D eigenvalue weighted by Gasteiger charge is -2.25. The normalized spacial score (nSPS) is 14.4. The van der Waals surface area contributed by atoms with Crippen LogP contribution >= 0.6 is 22.9 Å². The summed E-state index contributed by atoms with van der Waals surface area (Å²) < 4.78 is 0. The zero-order chi connectivity index (χ0) is 13.2. The van der Waals surface area contributed by atoms with E-state index in [9.17, 15) is 4.79 Å². The highest BCUT2D eigenvalue weighted by Crippen LogP contribution is 2.35. The summed E-state index contributed by atoms with van der Waals surface area (Å²) in [7, 11) is 0. The number of thiophene rings is 1. The van der Waals surface area contributed by atoms with Crippen LogP contribution in [0.1, 0.15) is 28.1 Å². The predicted molar refractivity (Wildman–Crippen MR) is 80.4 cm³/mol. The number of carbonyl (C=O) groups excluding carboxylic acids is 1. The third-order valence-electron chi connectivity index (χ3n) is 3.32. The summed E-state index contributed by atoms with van der Waals surface area (Å²) in [6.07, 6.45) is 3.30. The number of carbonyl (C=O) groups is 1. The van der Waals surface area contributed by atoms with Crippen molar-refractivity contribution in [2.24, 2.45) is 0 Å². The van der Waals surface area contributed by atoms with Crippen molar-refractivity contribution >= 4 is 34.9 Å². The molecule has 1 heterocycles. The van der Waals surface area contributed by atoms with Gasteiger partial charge in [0.2, 0.25) is 0 Å². The lowest BCUT2D eigenvalue weighted by Crippen LogP contribution is -2.25. The van der Waals surface area contributed by atoms with Crippen LogP contribution in [-0.4, -0.2) is 12.3 Å². The molecule has 1 aromatic heterocycles. The van der Waals surface area contributed by atoms with Crippen LogP contribution < -0.4 is 4.90 Å². The Bertz CT molecular complexity index is 578. The van der Waals surface area contributed by atoms with Gasteiger partial charge in [-0.05, 0) is 42.5 Å². The Morgan fingerprint density at radius 1 is 1.37 bits per heavy atom. The number of halogens is 1. The van der Waals surface area contributed by atoms with E-state index in [1.54, 1.807) is 17.4 Å².